The Hall–Kier alpha value is -2.30. The molecule has 18 heavy (non-hydrogen) atoms. The number of pyridine rings is 2. The van der Waals surface area contributed by atoms with Crippen molar-refractivity contribution < 1.29 is 13.9 Å². The fraction of sp³-hybridized carbons (Fsp3) is 0.154. The molecule has 2 aromatic rings. The Morgan fingerprint density at radius 2 is 2.11 bits per heavy atom. The molecular weight excluding hydrogens is 235 g/mol. The molecule has 0 radical (unpaired) electrons. The Bertz CT molecular complexity index is 558. The molecule has 2 rings (SSSR count). The smallest absolute Gasteiger partial charge is 0.338 e. The highest BCUT2D eigenvalue weighted by Gasteiger charge is 2.15. The average Bonchev–Trinajstić information content (AvgIpc) is 2.40. The fourth-order valence-corrected chi connectivity index (χ4v) is 1.57. The van der Waals surface area contributed by atoms with Crippen molar-refractivity contribution in [3.8, 4) is 11.1 Å². The monoisotopic (exact) mass is 246 g/mol. The first-order valence-corrected chi connectivity index (χ1v) is 5.45. The van der Waals surface area contributed by atoms with Crippen LogP contribution in [0.2, 0.25) is 0 Å². The third-order valence-corrected chi connectivity index (χ3v) is 2.36. The van der Waals surface area contributed by atoms with Crippen molar-refractivity contribution in [3.63, 3.8) is 0 Å². The first-order valence-electron chi connectivity index (χ1n) is 5.45. The fourth-order valence-electron chi connectivity index (χ4n) is 1.57. The number of aromatic nitrogens is 2. The van der Waals surface area contributed by atoms with Gasteiger partial charge >= 0.3 is 5.97 Å². The first-order chi connectivity index (χ1) is 8.72. The van der Waals surface area contributed by atoms with Gasteiger partial charge in [0.25, 0.3) is 0 Å². The summed E-state index contributed by atoms with van der Waals surface area (Å²) < 4.78 is 18.0. The summed E-state index contributed by atoms with van der Waals surface area (Å²) in [5.41, 5.74) is 1.42. The molecule has 2 heterocycles. The Morgan fingerprint density at radius 1 is 1.39 bits per heavy atom. The largest absolute Gasteiger partial charge is 0.462 e. The van der Waals surface area contributed by atoms with E-state index in [0.717, 1.165) is 11.6 Å². The summed E-state index contributed by atoms with van der Waals surface area (Å²) >= 11 is 0. The molecule has 4 nitrogen and oxygen atoms in total. The lowest BCUT2D eigenvalue weighted by Crippen LogP contribution is -2.07. The number of rotatable bonds is 3. The van der Waals surface area contributed by atoms with Crippen molar-refractivity contribution in [1.29, 1.82) is 0 Å². The molecular formula is C13H11FN2O2. The van der Waals surface area contributed by atoms with Crippen LogP contribution < -0.4 is 0 Å². The van der Waals surface area contributed by atoms with Gasteiger partial charge in [0.2, 0.25) is 5.95 Å². The van der Waals surface area contributed by atoms with Crippen LogP contribution in [0.15, 0.2) is 36.8 Å². The molecule has 0 aliphatic rings. The van der Waals surface area contributed by atoms with Crippen molar-refractivity contribution in [1.82, 2.24) is 9.97 Å². The highest BCUT2D eigenvalue weighted by molar-refractivity contribution is 5.96. The number of ether oxygens (including phenoxy) is 1. The minimum absolute atomic E-state index is 0.163. The number of carbonyl (C=O) groups excluding carboxylic acids is 1. The van der Waals surface area contributed by atoms with Gasteiger partial charge in [-0.1, -0.05) is 0 Å². The van der Waals surface area contributed by atoms with Crippen molar-refractivity contribution in [2.75, 3.05) is 6.61 Å². The van der Waals surface area contributed by atoms with Crippen molar-refractivity contribution in [2.24, 2.45) is 0 Å². The maximum atomic E-state index is 13.1. The molecule has 0 unspecified atom stereocenters. The van der Waals surface area contributed by atoms with E-state index in [4.69, 9.17) is 4.74 Å². The molecule has 0 saturated heterocycles. The van der Waals surface area contributed by atoms with Gasteiger partial charge in [-0.3, -0.25) is 4.98 Å². The van der Waals surface area contributed by atoms with E-state index in [1.807, 2.05) is 0 Å². The normalized spacial score (nSPS) is 10.1. The third-order valence-electron chi connectivity index (χ3n) is 2.36. The van der Waals surface area contributed by atoms with Gasteiger partial charge < -0.3 is 4.74 Å². The van der Waals surface area contributed by atoms with E-state index in [1.54, 1.807) is 31.5 Å². The van der Waals surface area contributed by atoms with Crippen LogP contribution in [0.4, 0.5) is 4.39 Å². The number of nitrogens with zero attached hydrogens (tertiary/aromatic N) is 2. The summed E-state index contributed by atoms with van der Waals surface area (Å²) in [5.74, 6) is -1.28. The zero-order chi connectivity index (χ0) is 13.0. The average molecular weight is 246 g/mol. The molecule has 92 valence electrons. The molecule has 0 atom stereocenters. The lowest BCUT2D eigenvalue weighted by atomic mass is 10.0. The molecule has 0 saturated carbocycles. The SMILES string of the molecule is CCOC(=O)c1cc(F)ncc1-c1ccncc1. The summed E-state index contributed by atoms with van der Waals surface area (Å²) in [6.45, 7) is 1.93. The number of halogens is 1. The van der Waals surface area contributed by atoms with Crippen molar-refractivity contribution in [3.05, 3.63) is 48.3 Å². The van der Waals surface area contributed by atoms with E-state index in [-0.39, 0.29) is 12.2 Å². The van der Waals surface area contributed by atoms with Crippen molar-refractivity contribution in [2.45, 2.75) is 6.92 Å². The maximum Gasteiger partial charge on any atom is 0.338 e. The zero-order valence-electron chi connectivity index (χ0n) is 9.76. The maximum absolute atomic E-state index is 13.1. The predicted molar refractivity (Wildman–Crippen MR) is 63.4 cm³/mol. The summed E-state index contributed by atoms with van der Waals surface area (Å²) in [7, 11) is 0. The number of hydrogen-bond acceptors (Lipinski definition) is 4. The van der Waals surface area contributed by atoms with Crippen LogP contribution >= 0.6 is 0 Å². The Kier molecular flexibility index (Phi) is 3.62. The quantitative estimate of drug-likeness (QED) is 0.616. The van der Waals surface area contributed by atoms with E-state index >= 15 is 0 Å². The zero-order valence-corrected chi connectivity index (χ0v) is 9.76. The lowest BCUT2D eigenvalue weighted by Gasteiger charge is -2.08. The van der Waals surface area contributed by atoms with Gasteiger partial charge in [-0.2, -0.15) is 4.39 Å². The van der Waals surface area contributed by atoms with Crippen LogP contribution in [0.3, 0.4) is 0 Å². The molecule has 0 aliphatic carbocycles. The topological polar surface area (TPSA) is 52.1 Å². The first kappa shape index (κ1) is 12.2. The Morgan fingerprint density at radius 3 is 2.78 bits per heavy atom. The minimum Gasteiger partial charge on any atom is -0.462 e. The second-order valence-corrected chi connectivity index (χ2v) is 3.51. The van der Waals surface area contributed by atoms with Gasteiger partial charge in [-0.15, -0.1) is 0 Å². The molecule has 0 fully saturated rings. The van der Waals surface area contributed by atoms with Gasteiger partial charge in [-0.25, -0.2) is 9.78 Å². The standard InChI is InChI=1S/C13H11FN2O2/c1-2-18-13(17)10-7-12(14)16-8-11(10)9-3-5-15-6-4-9/h3-8H,2H2,1H3. The number of esters is 1. The Labute approximate surface area is 103 Å². The van der Waals surface area contributed by atoms with E-state index in [1.165, 1.54) is 6.20 Å². The predicted octanol–water partition coefficient (Wildman–Crippen LogP) is 2.46. The van der Waals surface area contributed by atoms with Gasteiger partial charge in [-0.05, 0) is 24.6 Å². The molecule has 2 aromatic heterocycles. The molecule has 0 amide bonds. The molecule has 0 bridgehead atoms. The molecule has 0 aromatic carbocycles. The summed E-state index contributed by atoms with van der Waals surface area (Å²) in [5, 5.41) is 0. The van der Waals surface area contributed by atoms with Crippen LogP contribution in [0.5, 0.6) is 0 Å². The van der Waals surface area contributed by atoms with Gasteiger partial charge in [0.05, 0.1) is 12.2 Å². The molecule has 0 N–H and O–H groups in total. The summed E-state index contributed by atoms with van der Waals surface area (Å²) in [6.07, 6.45) is 4.50. The number of carbonyl (C=O) groups is 1. The van der Waals surface area contributed by atoms with Crippen LogP contribution in [-0.4, -0.2) is 22.5 Å². The summed E-state index contributed by atoms with van der Waals surface area (Å²) in [4.78, 5) is 19.2. The van der Waals surface area contributed by atoms with E-state index in [0.29, 0.717) is 5.56 Å². The lowest BCUT2D eigenvalue weighted by molar-refractivity contribution is 0.0526. The van der Waals surface area contributed by atoms with E-state index in [2.05, 4.69) is 9.97 Å². The van der Waals surface area contributed by atoms with E-state index in [9.17, 15) is 9.18 Å². The Balaban J connectivity index is 2.51. The van der Waals surface area contributed by atoms with Crippen LogP contribution in [-0.2, 0) is 4.74 Å². The minimum atomic E-state index is -0.712. The summed E-state index contributed by atoms with van der Waals surface area (Å²) in [6, 6.07) is 4.52. The van der Waals surface area contributed by atoms with Gasteiger partial charge in [0.15, 0.2) is 0 Å². The highest BCUT2D eigenvalue weighted by Crippen LogP contribution is 2.23. The van der Waals surface area contributed by atoms with Crippen LogP contribution in [0.25, 0.3) is 11.1 Å². The van der Waals surface area contributed by atoms with Crippen LogP contribution in [0.1, 0.15) is 17.3 Å². The third kappa shape index (κ3) is 2.51. The molecule has 0 aliphatic heterocycles. The van der Waals surface area contributed by atoms with Gasteiger partial charge in [0, 0.05) is 30.2 Å². The molecule has 0 spiro atoms. The number of hydrogen-bond donors (Lipinski definition) is 0. The molecule has 5 heteroatoms. The van der Waals surface area contributed by atoms with Crippen molar-refractivity contribution >= 4 is 5.97 Å². The highest BCUT2D eigenvalue weighted by atomic mass is 19.1. The van der Waals surface area contributed by atoms with E-state index < -0.39 is 11.9 Å². The second kappa shape index (κ2) is 5.35. The second-order valence-electron chi connectivity index (χ2n) is 3.51. The van der Waals surface area contributed by atoms with Crippen LogP contribution in [0, 0.1) is 5.95 Å². The van der Waals surface area contributed by atoms with Gasteiger partial charge in [0.1, 0.15) is 0 Å².